The Hall–Kier alpha value is -2.92. The van der Waals surface area contributed by atoms with Gasteiger partial charge in [0.15, 0.2) is 0 Å². The van der Waals surface area contributed by atoms with Crippen LogP contribution in [0, 0.1) is 6.92 Å². The van der Waals surface area contributed by atoms with Gasteiger partial charge in [-0.05, 0) is 42.8 Å². The molecule has 1 amide bonds. The molecule has 0 saturated carbocycles. The average molecular weight is 533 g/mol. The lowest BCUT2D eigenvalue weighted by atomic mass is 10.0. The minimum absolute atomic E-state index is 0.0474. The maximum absolute atomic E-state index is 12.7. The fourth-order valence-corrected chi connectivity index (χ4v) is 2.64. The molecule has 0 bridgehead atoms. The van der Waals surface area contributed by atoms with Crippen molar-refractivity contribution >= 4 is 6.09 Å². The van der Waals surface area contributed by atoms with Crippen molar-refractivity contribution < 1.29 is 49.0 Å². The van der Waals surface area contributed by atoms with Gasteiger partial charge in [-0.3, -0.25) is 0 Å². The summed E-state index contributed by atoms with van der Waals surface area (Å²) in [6, 6.07) is 6.30. The second-order valence-corrected chi connectivity index (χ2v) is 6.81. The maximum atomic E-state index is 12.7. The molecule has 204 valence electrons. The number of nitrogens with zero attached hydrogens (tertiary/aromatic N) is 1. The van der Waals surface area contributed by atoms with Crippen molar-refractivity contribution in [2.24, 2.45) is 0 Å². The van der Waals surface area contributed by atoms with E-state index >= 15 is 0 Å². The van der Waals surface area contributed by atoms with Gasteiger partial charge < -0.3 is 9.64 Å². The minimum atomic E-state index is -4.90. The number of aryl methyl sites for hydroxylation is 1. The number of carbonyl (C=O) groups excluding carboxylic acids is 1. The van der Waals surface area contributed by atoms with Crippen molar-refractivity contribution in [2.75, 3.05) is 13.2 Å². The summed E-state index contributed by atoms with van der Waals surface area (Å²) in [4.78, 5) is 12.2. The van der Waals surface area contributed by atoms with Crippen LogP contribution in [0.5, 0.6) is 0 Å². The first-order chi connectivity index (χ1) is 16.6. The Morgan fingerprint density at radius 3 is 1.47 bits per heavy atom. The zero-order chi connectivity index (χ0) is 28.3. The Labute approximate surface area is 203 Å². The average Bonchev–Trinajstić information content (AvgIpc) is 3.19. The van der Waals surface area contributed by atoms with Crippen LogP contribution >= 0.6 is 0 Å². The zero-order valence-corrected chi connectivity index (χ0v) is 20.3. The molecule has 1 aliphatic rings. The van der Waals surface area contributed by atoms with Crippen LogP contribution in [-0.2, 0) is 29.8 Å². The van der Waals surface area contributed by atoms with Gasteiger partial charge in [0.1, 0.15) is 6.61 Å². The molecule has 1 heterocycles. The van der Waals surface area contributed by atoms with Gasteiger partial charge in [0.2, 0.25) is 0 Å². The third-order valence-electron chi connectivity index (χ3n) is 4.24. The van der Waals surface area contributed by atoms with Gasteiger partial charge >= 0.3 is 24.6 Å². The summed E-state index contributed by atoms with van der Waals surface area (Å²) in [6.07, 6.45) is -14.8. The molecular formula is C24H28F9NO2. The molecule has 0 unspecified atom stereocenters. The highest BCUT2D eigenvalue weighted by Crippen LogP contribution is 2.36. The third-order valence-corrected chi connectivity index (χ3v) is 4.24. The number of ether oxygens (including phenoxy) is 1. The van der Waals surface area contributed by atoms with Crippen LogP contribution in [0.3, 0.4) is 0 Å². The predicted octanol–water partition coefficient (Wildman–Crippen LogP) is 8.74. The number of carbonyl (C=O) groups is 1. The monoisotopic (exact) mass is 533 g/mol. The SMILES string of the molecule is CC.CC.Cc1ccc(C(F)(F)F)cc1.O=C1OCCN1Cc1cc(C(F)(F)F)cc(C(F)(F)F)c1. The molecule has 1 saturated heterocycles. The highest BCUT2D eigenvalue weighted by Gasteiger charge is 2.37. The van der Waals surface area contributed by atoms with Crippen LogP contribution in [0.2, 0.25) is 0 Å². The summed E-state index contributed by atoms with van der Waals surface area (Å²) in [5, 5.41) is 0. The van der Waals surface area contributed by atoms with E-state index in [4.69, 9.17) is 0 Å². The lowest BCUT2D eigenvalue weighted by Gasteiger charge is -2.17. The number of hydrogen-bond acceptors (Lipinski definition) is 2. The fourth-order valence-electron chi connectivity index (χ4n) is 2.64. The molecule has 0 aliphatic carbocycles. The van der Waals surface area contributed by atoms with Gasteiger partial charge in [-0.25, -0.2) is 4.79 Å². The van der Waals surface area contributed by atoms with Crippen LogP contribution in [0.15, 0.2) is 42.5 Å². The van der Waals surface area contributed by atoms with Crippen LogP contribution in [0.4, 0.5) is 44.3 Å². The molecule has 0 N–H and O–H groups in total. The summed E-state index contributed by atoms with van der Waals surface area (Å²) in [6.45, 7) is 9.56. The zero-order valence-electron chi connectivity index (χ0n) is 20.3. The Kier molecular flexibility index (Phi) is 12.8. The van der Waals surface area contributed by atoms with Gasteiger partial charge in [-0.2, -0.15) is 39.5 Å². The number of hydrogen-bond donors (Lipinski definition) is 0. The lowest BCUT2D eigenvalue weighted by Crippen LogP contribution is -2.24. The lowest BCUT2D eigenvalue weighted by molar-refractivity contribution is -0.143. The molecular weight excluding hydrogens is 505 g/mol. The van der Waals surface area contributed by atoms with Crippen molar-refractivity contribution in [2.45, 2.75) is 59.7 Å². The van der Waals surface area contributed by atoms with Gasteiger partial charge in [-0.1, -0.05) is 45.4 Å². The second kappa shape index (κ2) is 14.0. The molecule has 36 heavy (non-hydrogen) atoms. The van der Waals surface area contributed by atoms with E-state index in [2.05, 4.69) is 4.74 Å². The van der Waals surface area contributed by atoms with Crippen molar-refractivity contribution in [3.8, 4) is 0 Å². The molecule has 0 aromatic heterocycles. The highest BCUT2D eigenvalue weighted by atomic mass is 19.4. The van der Waals surface area contributed by atoms with Crippen LogP contribution < -0.4 is 0 Å². The van der Waals surface area contributed by atoms with E-state index in [0.29, 0.717) is 12.1 Å². The van der Waals surface area contributed by atoms with Crippen LogP contribution in [0.1, 0.15) is 55.5 Å². The van der Waals surface area contributed by atoms with E-state index in [-0.39, 0.29) is 31.3 Å². The number of benzene rings is 2. The first-order valence-corrected chi connectivity index (χ1v) is 10.9. The number of cyclic esters (lactones) is 1. The number of halogens is 9. The molecule has 0 atom stereocenters. The van der Waals surface area contributed by atoms with Crippen molar-refractivity contribution in [1.29, 1.82) is 0 Å². The number of amides is 1. The van der Waals surface area contributed by atoms with Gasteiger partial charge in [-0.15, -0.1) is 0 Å². The molecule has 1 aliphatic heterocycles. The van der Waals surface area contributed by atoms with Crippen LogP contribution in [0.25, 0.3) is 0 Å². The molecule has 1 fully saturated rings. The standard InChI is InChI=1S/C12H9F6NO2.C8H7F3.2C2H6/c13-11(14,15)8-3-7(4-9(5-8)12(16,17)18)6-19-1-2-21-10(19)20;1-6-2-4-7(5-3-6)8(9,10)11;2*1-2/h3-5H,1-2,6H2;2-5H,1H3;2*1-2H3. The quantitative estimate of drug-likeness (QED) is 0.361. The largest absolute Gasteiger partial charge is 0.448 e. The van der Waals surface area contributed by atoms with E-state index in [1.807, 2.05) is 27.7 Å². The molecule has 2 aromatic rings. The van der Waals surface area contributed by atoms with E-state index in [0.717, 1.165) is 22.6 Å². The molecule has 0 radical (unpaired) electrons. The van der Waals surface area contributed by atoms with E-state index in [1.165, 1.54) is 12.1 Å². The molecule has 12 heteroatoms. The summed E-state index contributed by atoms with van der Waals surface area (Å²) < 4.78 is 116. The number of alkyl halides is 9. The highest BCUT2D eigenvalue weighted by molar-refractivity contribution is 5.69. The molecule has 0 spiro atoms. The van der Waals surface area contributed by atoms with Crippen molar-refractivity contribution in [1.82, 2.24) is 4.90 Å². The van der Waals surface area contributed by atoms with Crippen LogP contribution in [-0.4, -0.2) is 24.1 Å². The van der Waals surface area contributed by atoms with E-state index < -0.39 is 41.3 Å². The fraction of sp³-hybridized carbons (Fsp3) is 0.458. The summed E-state index contributed by atoms with van der Waals surface area (Å²) in [5.74, 6) is 0. The Morgan fingerprint density at radius 2 is 1.14 bits per heavy atom. The smallest absolute Gasteiger partial charge is 0.416 e. The molecule has 3 nitrogen and oxygen atoms in total. The van der Waals surface area contributed by atoms with Gasteiger partial charge in [0, 0.05) is 6.54 Å². The topological polar surface area (TPSA) is 29.5 Å². The number of rotatable bonds is 2. The third kappa shape index (κ3) is 10.8. The minimum Gasteiger partial charge on any atom is -0.448 e. The molecule has 3 rings (SSSR count). The summed E-state index contributed by atoms with van der Waals surface area (Å²) in [5.41, 5.74) is -2.82. The first-order valence-electron chi connectivity index (χ1n) is 10.9. The van der Waals surface area contributed by atoms with Crippen molar-refractivity contribution in [3.63, 3.8) is 0 Å². The normalized spacial score (nSPS) is 13.4. The first kappa shape index (κ1) is 33.1. The Morgan fingerprint density at radius 1 is 0.722 bits per heavy atom. The summed E-state index contributed by atoms with van der Waals surface area (Å²) >= 11 is 0. The van der Waals surface area contributed by atoms with E-state index in [1.54, 1.807) is 6.92 Å². The Balaban J connectivity index is 0.000000688. The van der Waals surface area contributed by atoms with Crippen molar-refractivity contribution in [3.05, 3.63) is 70.3 Å². The Bertz CT molecular complexity index is 902. The van der Waals surface area contributed by atoms with Gasteiger partial charge in [0.25, 0.3) is 0 Å². The molecule has 2 aromatic carbocycles. The predicted molar refractivity (Wildman–Crippen MR) is 117 cm³/mol. The second-order valence-electron chi connectivity index (χ2n) is 6.81. The summed E-state index contributed by atoms with van der Waals surface area (Å²) in [7, 11) is 0. The van der Waals surface area contributed by atoms with E-state index in [9.17, 15) is 44.3 Å². The maximum Gasteiger partial charge on any atom is 0.416 e. The van der Waals surface area contributed by atoms with Gasteiger partial charge in [0.05, 0.1) is 23.2 Å².